The first-order chi connectivity index (χ1) is 7.32. The molecule has 0 aliphatic heterocycles. The number of carbonyl (C=O) groups is 1. The third kappa shape index (κ3) is 4.52. The summed E-state index contributed by atoms with van der Waals surface area (Å²) in [5.74, 6) is 1.42. The van der Waals surface area contributed by atoms with Crippen LogP contribution in [0, 0.1) is 17.8 Å². The fraction of sp³-hybridized carbons (Fsp3) is 0.923. The summed E-state index contributed by atoms with van der Waals surface area (Å²) >= 11 is 0. The van der Waals surface area contributed by atoms with Gasteiger partial charge in [0.15, 0.2) is 0 Å². The van der Waals surface area contributed by atoms with Crippen LogP contribution in [0.5, 0.6) is 0 Å². The van der Waals surface area contributed by atoms with E-state index in [2.05, 4.69) is 26.1 Å². The molecule has 0 radical (unpaired) electrons. The van der Waals surface area contributed by atoms with Crippen LogP contribution in [0.15, 0.2) is 0 Å². The Labute approximate surface area is 98.6 Å². The minimum absolute atomic E-state index is 0.109. The number of hydrogen-bond donors (Lipinski definition) is 2. The Bertz CT molecular complexity index is 248. The Morgan fingerprint density at radius 3 is 2.56 bits per heavy atom. The van der Waals surface area contributed by atoms with Crippen molar-refractivity contribution in [2.24, 2.45) is 17.8 Å². The lowest BCUT2D eigenvalue weighted by atomic mass is 9.95. The SMILES string of the molecule is CC(C)CC[C@](C)(O)CNC(=O)[C@@H]1C[C@H]1C. The van der Waals surface area contributed by atoms with Crippen molar-refractivity contribution in [2.75, 3.05) is 6.54 Å². The highest BCUT2D eigenvalue weighted by atomic mass is 16.3. The van der Waals surface area contributed by atoms with Gasteiger partial charge in [0.25, 0.3) is 0 Å². The second-order valence-electron chi connectivity index (χ2n) is 5.97. The normalized spacial score (nSPS) is 27.6. The maximum Gasteiger partial charge on any atom is 0.223 e. The molecule has 1 rings (SSSR count). The first-order valence-electron chi connectivity index (χ1n) is 6.32. The average molecular weight is 227 g/mol. The quantitative estimate of drug-likeness (QED) is 0.728. The van der Waals surface area contributed by atoms with Gasteiger partial charge in [0.1, 0.15) is 0 Å². The van der Waals surface area contributed by atoms with Gasteiger partial charge in [-0.2, -0.15) is 0 Å². The van der Waals surface area contributed by atoms with E-state index in [0.29, 0.717) is 18.4 Å². The first kappa shape index (κ1) is 13.5. The largest absolute Gasteiger partial charge is 0.388 e. The van der Waals surface area contributed by atoms with E-state index in [9.17, 15) is 9.90 Å². The maximum absolute atomic E-state index is 11.6. The fourth-order valence-electron chi connectivity index (χ4n) is 1.78. The van der Waals surface area contributed by atoms with Gasteiger partial charge < -0.3 is 10.4 Å². The summed E-state index contributed by atoms with van der Waals surface area (Å²) in [6.45, 7) is 8.54. The van der Waals surface area contributed by atoms with Crippen LogP contribution in [0.4, 0.5) is 0 Å². The Hall–Kier alpha value is -0.570. The minimum Gasteiger partial charge on any atom is -0.388 e. The van der Waals surface area contributed by atoms with Crippen molar-refractivity contribution in [2.45, 2.75) is 52.6 Å². The van der Waals surface area contributed by atoms with Crippen molar-refractivity contribution in [3.05, 3.63) is 0 Å². The van der Waals surface area contributed by atoms with Crippen LogP contribution in [0.2, 0.25) is 0 Å². The third-order valence-corrected chi connectivity index (χ3v) is 3.35. The summed E-state index contributed by atoms with van der Waals surface area (Å²) in [6, 6.07) is 0. The monoisotopic (exact) mass is 227 g/mol. The fourth-order valence-corrected chi connectivity index (χ4v) is 1.78. The van der Waals surface area contributed by atoms with E-state index in [1.165, 1.54) is 0 Å². The molecule has 0 bridgehead atoms. The second kappa shape index (κ2) is 5.17. The van der Waals surface area contributed by atoms with E-state index < -0.39 is 5.60 Å². The molecule has 1 amide bonds. The predicted molar refractivity (Wildman–Crippen MR) is 65.0 cm³/mol. The van der Waals surface area contributed by atoms with E-state index in [1.807, 2.05) is 0 Å². The molecule has 3 nitrogen and oxygen atoms in total. The minimum atomic E-state index is -0.766. The van der Waals surface area contributed by atoms with Crippen molar-refractivity contribution in [1.82, 2.24) is 5.32 Å². The standard InChI is InChI=1S/C13H25NO2/c1-9(2)5-6-13(4,16)8-14-12(15)11-7-10(11)3/h9-11,16H,5-8H2,1-4H3,(H,14,15)/t10-,11-,13+/m1/s1. The van der Waals surface area contributed by atoms with Crippen LogP contribution in [0.1, 0.15) is 47.0 Å². The lowest BCUT2D eigenvalue weighted by Crippen LogP contribution is -2.41. The van der Waals surface area contributed by atoms with E-state index >= 15 is 0 Å². The van der Waals surface area contributed by atoms with Crippen molar-refractivity contribution in [1.29, 1.82) is 0 Å². The lowest BCUT2D eigenvalue weighted by molar-refractivity contribution is -0.123. The zero-order valence-corrected chi connectivity index (χ0v) is 10.9. The zero-order valence-electron chi connectivity index (χ0n) is 10.9. The van der Waals surface area contributed by atoms with E-state index in [0.717, 1.165) is 19.3 Å². The van der Waals surface area contributed by atoms with Crippen LogP contribution in [0.3, 0.4) is 0 Å². The number of hydrogen-bond acceptors (Lipinski definition) is 2. The molecule has 1 fully saturated rings. The topological polar surface area (TPSA) is 49.3 Å². The molecular weight excluding hydrogens is 202 g/mol. The molecule has 0 spiro atoms. The average Bonchev–Trinajstić information content (AvgIpc) is 2.89. The summed E-state index contributed by atoms with van der Waals surface area (Å²) in [6.07, 6.45) is 2.73. The van der Waals surface area contributed by atoms with Gasteiger partial charge in [0, 0.05) is 12.5 Å². The van der Waals surface area contributed by atoms with Crippen molar-refractivity contribution in [3.63, 3.8) is 0 Å². The van der Waals surface area contributed by atoms with Crippen LogP contribution in [0.25, 0.3) is 0 Å². The predicted octanol–water partition coefficient (Wildman–Crippen LogP) is 1.95. The Kier molecular flexibility index (Phi) is 4.36. The van der Waals surface area contributed by atoms with Gasteiger partial charge in [0.05, 0.1) is 5.60 Å². The highest BCUT2D eigenvalue weighted by molar-refractivity contribution is 5.81. The maximum atomic E-state index is 11.6. The number of amides is 1. The molecule has 0 aromatic heterocycles. The summed E-state index contributed by atoms with van der Waals surface area (Å²) in [5, 5.41) is 12.9. The van der Waals surface area contributed by atoms with E-state index in [1.54, 1.807) is 6.92 Å². The van der Waals surface area contributed by atoms with E-state index in [-0.39, 0.29) is 11.8 Å². The van der Waals surface area contributed by atoms with Crippen LogP contribution in [-0.4, -0.2) is 23.2 Å². The van der Waals surface area contributed by atoms with Gasteiger partial charge in [0.2, 0.25) is 5.91 Å². The molecule has 1 saturated carbocycles. The second-order valence-corrected chi connectivity index (χ2v) is 5.97. The number of carbonyl (C=O) groups excluding carboxylic acids is 1. The van der Waals surface area contributed by atoms with Gasteiger partial charge in [-0.15, -0.1) is 0 Å². The van der Waals surface area contributed by atoms with E-state index in [4.69, 9.17) is 0 Å². The Morgan fingerprint density at radius 1 is 1.56 bits per heavy atom. The molecule has 0 saturated heterocycles. The molecule has 0 aromatic carbocycles. The van der Waals surface area contributed by atoms with Crippen molar-refractivity contribution in [3.8, 4) is 0 Å². The van der Waals surface area contributed by atoms with Gasteiger partial charge >= 0.3 is 0 Å². The Morgan fingerprint density at radius 2 is 2.12 bits per heavy atom. The molecule has 3 heteroatoms. The first-order valence-corrected chi connectivity index (χ1v) is 6.32. The number of aliphatic hydroxyl groups is 1. The molecule has 94 valence electrons. The third-order valence-electron chi connectivity index (χ3n) is 3.35. The number of nitrogens with one attached hydrogen (secondary N) is 1. The molecule has 16 heavy (non-hydrogen) atoms. The van der Waals surface area contributed by atoms with Crippen LogP contribution >= 0.6 is 0 Å². The molecule has 2 N–H and O–H groups in total. The van der Waals surface area contributed by atoms with Gasteiger partial charge in [-0.3, -0.25) is 4.79 Å². The van der Waals surface area contributed by atoms with Gasteiger partial charge in [-0.05, 0) is 38.0 Å². The molecule has 1 aliphatic carbocycles. The van der Waals surface area contributed by atoms with Crippen LogP contribution in [-0.2, 0) is 4.79 Å². The van der Waals surface area contributed by atoms with Gasteiger partial charge in [-0.25, -0.2) is 0 Å². The summed E-state index contributed by atoms with van der Waals surface area (Å²) in [4.78, 5) is 11.6. The van der Waals surface area contributed by atoms with Crippen molar-refractivity contribution < 1.29 is 9.90 Å². The molecule has 0 heterocycles. The molecular formula is C13H25NO2. The highest BCUT2D eigenvalue weighted by Crippen LogP contribution is 2.37. The van der Waals surface area contributed by atoms with Crippen LogP contribution < -0.4 is 5.32 Å². The molecule has 3 atom stereocenters. The Balaban J connectivity index is 2.21. The summed E-state index contributed by atoms with van der Waals surface area (Å²) < 4.78 is 0. The van der Waals surface area contributed by atoms with Crippen molar-refractivity contribution >= 4 is 5.91 Å². The smallest absolute Gasteiger partial charge is 0.223 e. The number of rotatable bonds is 6. The summed E-state index contributed by atoms with van der Waals surface area (Å²) in [7, 11) is 0. The molecule has 1 aliphatic rings. The molecule has 0 aromatic rings. The highest BCUT2D eigenvalue weighted by Gasteiger charge is 2.39. The zero-order chi connectivity index (χ0) is 12.3. The van der Waals surface area contributed by atoms with Gasteiger partial charge in [-0.1, -0.05) is 20.8 Å². The molecule has 0 unspecified atom stereocenters. The summed E-state index contributed by atoms with van der Waals surface area (Å²) in [5.41, 5.74) is -0.766. The lowest BCUT2D eigenvalue weighted by Gasteiger charge is -2.24.